The van der Waals surface area contributed by atoms with Crippen LogP contribution in [0.5, 0.6) is 0 Å². The molecule has 0 aliphatic carbocycles. The zero-order valence-corrected chi connectivity index (χ0v) is 16.1. The molecule has 4 aromatic rings. The standard InChI is InChI=1S/C24H26N2O/c1-19-11-13-21-7-3-5-9-23(21)25(19)15-17-27-18-16-26-20(2)12-14-22-8-4-6-10-24(22)26/h3-14H,15-18H2,1-2H3/q+2. The van der Waals surface area contributed by atoms with Gasteiger partial charge < -0.3 is 4.74 Å². The summed E-state index contributed by atoms with van der Waals surface area (Å²) in [5.41, 5.74) is 5.05. The molecule has 0 radical (unpaired) electrons. The summed E-state index contributed by atoms with van der Waals surface area (Å²) in [7, 11) is 0. The molecule has 4 rings (SSSR count). The summed E-state index contributed by atoms with van der Waals surface area (Å²) >= 11 is 0. The van der Waals surface area contributed by atoms with E-state index in [2.05, 4.69) is 95.8 Å². The fourth-order valence-electron chi connectivity index (χ4n) is 3.74. The minimum atomic E-state index is 0.712. The second-order valence-electron chi connectivity index (χ2n) is 6.98. The number of ether oxygens (including phenoxy) is 1. The van der Waals surface area contributed by atoms with Crippen molar-refractivity contribution in [1.82, 2.24) is 0 Å². The molecular weight excluding hydrogens is 332 g/mol. The number of hydrogen-bond acceptors (Lipinski definition) is 1. The molecule has 2 heterocycles. The Morgan fingerprint density at radius 1 is 0.593 bits per heavy atom. The molecular formula is C24H26N2O+2. The maximum Gasteiger partial charge on any atom is 0.212 e. The molecule has 136 valence electrons. The number of rotatable bonds is 6. The average Bonchev–Trinajstić information content (AvgIpc) is 2.70. The first-order valence-electron chi connectivity index (χ1n) is 9.58. The van der Waals surface area contributed by atoms with Gasteiger partial charge in [-0.25, -0.2) is 0 Å². The normalized spacial score (nSPS) is 11.3. The number of nitrogens with zero attached hydrogens (tertiary/aromatic N) is 2. The van der Waals surface area contributed by atoms with Gasteiger partial charge in [0, 0.05) is 48.9 Å². The highest BCUT2D eigenvalue weighted by Crippen LogP contribution is 2.11. The molecule has 0 N–H and O–H groups in total. The topological polar surface area (TPSA) is 17.0 Å². The summed E-state index contributed by atoms with van der Waals surface area (Å²) in [5.74, 6) is 0. The molecule has 0 saturated carbocycles. The van der Waals surface area contributed by atoms with Gasteiger partial charge >= 0.3 is 0 Å². The van der Waals surface area contributed by atoms with Gasteiger partial charge in [-0.05, 0) is 24.3 Å². The van der Waals surface area contributed by atoms with E-state index in [0.717, 1.165) is 13.1 Å². The van der Waals surface area contributed by atoms with Crippen molar-refractivity contribution in [3.8, 4) is 0 Å². The monoisotopic (exact) mass is 358 g/mol. The van der Waals surface area contributed by atoms with Crippen LogP contribution in [0.15, 0.2) is 72.8 Å². The van der Waals surface area contributed by atoms with E-state index >= 15 is 0 Å². The van der Waals surface area contributed by atoms with Gasteiger partial charge in [-0.2, -0.15) is 9.13 Å². The molecule has 2 aromatic heterocycles. The average molecular weight is 358 g/mol. The SMILES string of the molecule is Cc1ccc2ccccc2[n+]1CCOCC[n+]1c(C)ccc2ccccc21. The second kappa shape index (κ2) is 7.85. The molecule has 0 aliphatic heterocycles. The molecule has 0 aliphatic rings. The van der Waals surface area contributed by atoms with Crippen molar-refractivity contribution in [2.24, 2.45) is 0 Å². The Morgan fingerprint density at radius 2 is 1.04 bits per heavy atom. The Morgan fingerprint density at radius 3 is 1.52 bits per heavy atom. The van der Waals surface area contributed by atoms with Crippen LogP contribution >= 0.6 is 0 Å². The van der Waals surface area contributed by atoms with Crippen LogP contribution in [0, 0.1) is 13.8 Å². The van der Waals surface area contributed by atoms with Gasteiger partial charge in [-0.3, -0.25) is 0 Å². The van der Waals surface area contributed by atoms with E-state index in [-0.39, 0.29) is 0 Å². The van der Waals surface area contributed by atoms with Gasteiger partial charge in [0.05, 0.1) is 0 Å². The number of benzene rings is 2. The Labute approximate surface area is 160 Å². The Balaban J connectivity index is 1.41. The number of fused-ring (bicyclic) bond motifs is 2. The maximum atomic E-state index is 6.01. The zero-order chi connectivity index (χ0) is 18.6. The highest BCUT2D eigenvalue weighted by atomic mass is 16.5. The van der Waals surface area contributed by atoms with Gasteiger partial charge in [0.1, 0.15) is 13.2 Å². The lowest BCUT2D eigenvalue weighted by molar-refractivity contribution is -0.686. The predicted molar refractivity (Wildman–Crippen MR) is 109 cm³/mol. The Hall–Kier alpha value is -2.78. The number of para-hydroxylation sites is 2. The van der Waals surface area contributed by atoms with Crippen LogP contribution in [0.25, 0.3) is 21.8 Å². The maximum absolute atomic E-state index is 6.01. The number of hydrogen-bond donors (Lipinski definition) is 0. The highest BCUT2D eigenvalue weighted by Gasteiger charge is 2.14. The Bertz CT molecular complexity index is 1000. The molecule has 0 atom stereocenters. The van der Waals surface area contributed by atoms with E-state index < -0.39 is 0 Å². The second-order valence-corrected chi connectivity index (χ2v) is 6.98. The first kappa shape index (κ1) is 17.6. The molecule has 0 unspecified atom stereocenters. The summed E-state index contributed by atoms with van der Waals surface area (Å²) in [5, 5.41) is 2.54. The number of aryl methyl sites for hydroxylation is 2. The molecule has 0 saturated heterocycles. The minimum absolute atomic E-state index is 0.712. The van der Waals surface area contributed by atoms with E-state index in [1.807, 2.05) is 0 Å². The quantitative estimate of drug-likeness (QED) is 0.377. The number of pyridine rings is 2. The van der Waals surface area contributed by atoms with Gasteiger partial charge in [0.25, 0.3) is 0 Å². The lowest BCUT2D eigenvalue weighted by atomic mass is 10.2. The van der Waals surface area contributed by atoms with Crippen molar-refractivity contribution in [3.63, 3.8) is 0 Å². The minimum Gasteiger partial charge on any atom is -0.368 e. The fraction of sp³-hybridized carbons (Fsp3) is 0.250. The van der Waals surface area contributed by atoms with Gasteiger partial charge in [-0.1, -0.05) is 24.3 Å². The molecule has 2 aromatic carbocycles. The lowest BCUT2D eigenvalue weighted by Gasteiger charge is -2.07. The lowest BCUT2D eigenvalue weighted by Crippen LogP contribution is -2.42. The van der Waals surface area contributed by atoms with Crippen LogP contribution in [0.3, 0.4) is 0 Å². The Kier molecular flexibility index (Phi) is 5.12. The molecule has 0 fully saturated rings. The molecule has 0 bridgehead atoms. The van der Waals surface area contributed by atoms with Crippen molar-refractivity contribution >= 4 is 21.8 Å². The van der Waals surface area contributed by atoms with Gasteiger partial charge in [0.15, 0.2) is 24.5 Å². The zero-order valence-electron chi connectivity index (χ0n) is 16.1. The molecule has 27 heavy (non-hydrogen) atoms. The van der Waals surface area contributed by atoms with Crippen LogP contribution in [0.1, 0.15) is 11.4 Å². The van der Waals surface area contributed by atoms with Gasteiger partial charge in [0.2, 0.25) is 11.0 Å². The van der Waals surface area contributed by atoms with Crippen molar-refractivity contribution in [2.45, 2.75) is 26.9 Å². The molecule has 3 nitrogen and oxygen atoms in total. The van der Waals surface area contributed by atoms with Crippen molar-refractivity contribution in [3.05, 3.63) is 84.2 Å². The summed E-state index contributed by atoms with van der Waals surface area (Å²) < 4.78 is 10.7. The van der Waals surface area contributed by atoms with Crippen LogP contribution in [0.4, 0.5) is 0 Å². The van der Waals surface area contributed by atoms with Crippen molar-refractivity contribution in [1.29, 1.82) is 0 Å². The summed E-state index contributed by atoms with van der Waals surface area (Å²) in [6.07, 6.45) is 0. The highest BCUT2D eigenvalue weighted by molar-refractivity contribution is 5.75. The van der Waals surface area contributed by atoms with Crippen LogP contribution in [0.2, 0.25) is 0 Å². The van der Waals surface area contributed by atoms with Crippen LogP contribution < -0.4 is 9.13 Å². The first-order chi connectivity index (χ1) is 13.2. The van der Waals surface area contributed by atoms with Gasteiger partial charge in [-0.15, -0.1) is 0 Å². The fourth-order valence-corrected chi connectivity index (χ4v) is 3.74. The third-order valence-electron chi connectivity index (χ3n) is 5.23. The van der Waals surface area contributed by atoms with Crippen LogP contribution in [-0.2, 0) is 17.8 Å². The predicted octanol–water partition coefficient (Wildman–Crippen LogP) is 3.90. The molecule has 3 heteroatoms. The van der Waals surface area contributed by atoms with E-state index in [0.29, 0.717) is 13.2 Å². The van der Waals surface area contributed by atoms with Crippen molar-refractivity contribution < 1.29 is 13.9 Å². The van der Waals surface area contributed by atoms with Crippen molar-refractivity contribution in [2.75, 3.05) is 13.2 Å². The number of aromatic nitrogens is 2. The first-order valence-corrected chi connectivity index (χ1v) is 9.58. The largest absolute Gasteiger partial charge is 0.368 e. The third kappa shape index (κ3) is 3.69. The third-order valence-corrected chi connectivity index (χ3v) is 5.23. The smallest absolute Gasteiger partial charge is 0.212 e. The van der Waals surface area contributed by atoms with E-state index in [4.69, 9.17) is 4.74 Å². The summed E-state index contributed by atoms with van der Waals surface area (Å²) in [4.78, 5) is 0. The summed E-state index contributed by atoms with van der Waals surface area (Å²) in [6, 6.07) is 25.8. The molecule has 0 spiro atoms. The summed E-state index contributed by atoms with van der Waals surface area (Å²) in [6.45, 7) is 7.47. The van der Waals surface area contributed by atoms with Crippen LogP contribution in [-0.4, -0.2) is 13.2 Å². The van der Waals surface area contributed by atoms with E-state index in [1.54, 1.807) is 0 Å². The van der Waals surface area contributed by atoms with E-state index in [9.17, 15) is 0 Å². The van der Waals surface area contributed by atoms with E-state index in [1.165, 1.54) is 33.2 Å². The molecule has 0 amide bonds.